The summed E-state index contributed by atoms with van der Waals surface area (Å²) in [5, 5.41) is 15.5. The molecular weight excluding hydrogens is 322 g/mol. The maximum absolute atomic E-state index is 12.0. The van der Waals surface area contributed by atoms with E-state index in [0.29, 0.717) is 16.1 Å². The lowest BCUT2D eigenvalue weighted by Crippen LogP contribution is -2.19. The normalized spacial score (nSPS) is 10.6. The number of non-ortho nitro benzene ring substituents is 1. The molecule has 0 fully saturated rings. The van der Waals surface area contributed by atoms with Gasteiger partial charge >= 0.3 is 0 Å². The monoisotopic (exact) mass is 341 g/mol. The largest absolute Gasteiger partial charge is 0.271 e. The summed E-state index contributed by atoms with van der Waals surface area (Å²) < 4.78 is 0.792. The summed E-state index contributed by atoms with van der Waals surface area (Å²) in [4.78, 5) is 22.1. The maximum Gasteiger partial charge on any atom is 0.271 e. The van der Waals surface area contributed by atoms with Gasteiger partial charge in [0.25, 0.3) is 11.6 Å². The summed E-state index contributed by atoms with van der Waals surface area (Å²) >= 11 is 3.16. The van der Waals surface area contributed by atoms with E-state index in [-0.39, 0.29) is 11.6 Å². The van der Waals surface area contributed by atoms with Crippen LogP contribution in [0.25, 0.3) is 0 Å². The highest BCUT2D eigenvalue weighted by Gasteiger charge is 2.11. The SMILES string of the molecule is CC(C)SC(=NNC(=O)c1ccc([N+](=O)[O-])cc1)SC(C)C. The molecule has 22 heavy (non-hydrogen) atoms. The predicted octanol–water partition coefficient (Wildman–Crippen LogP) is 3.88. The number of nitrogens with zero attached hydrogens (tertiary/aromatic N) is 2. The number of nitrogens with one attached hydrogen (secondary N) is 1. The van der Waals surface area contributed by atoms with Crippen LogP contribution in [-0.2, 0) is 0 Å². The molecule has 0 radical (unpaired) electrons. The molecule has 0 aliphatic rings. The molecule has 0 atom stereocenters. The molecule has 1 aromatic carbocycles. The summed E-state index contributed by atoms with van der Waals surface area (Å²) in [5.41, 5.74) is 2.78. The lowest BCUT2D eigenvalue weighted by atomic mass is 10.2. The molecule has 0 spiro atoms. The number of nitro groups is 1. The second-order valence-electron chi connectivity index (χ2n) is 4.96. The average Bonchev–Trinajstić information content (AvgIpc) is 2.43. The second kappa shape index (κ2) is 8.79. The van der Waals surface area contributed by atoms with E-state index in [2.05, 4.69) is 38.2 Å². The minimum absolute atomic E-state index is 0.0496. The third-order valence-electron chi connectivity index (χ3n) is 2.26. The lowest BCUT2D eigenvalue weighted by molar-refractivity contribution is -0.384. The fourth-order valence-electron chi connectivity index (χ4n) is 1.38. The summed E-state index contributed by atoms with van der Waals surface area (Å²) in [6.45, 7) is 8.22. The van der Waals surface area contributed by atoms with Crippen LogP contribution in [0.5, 0.6) is 0 Å². The number of nitro benzene ring substituents is 1. The fourth-order valence-corrected chi connectivity index (χ4v) is 3.76. The zero-order chi connectivity index (χ0) is 16.7. The summed E-state index contributed by atoms with van der Waals surface area (Å²) in [5.74, 6) is -0.388. The van der Waals surface area contributed by atoms with Gasteiger partial charge in [-0.05, 0) is 12.1 Å². The molecule has 8 heteroatoms. The van der Waals surface area contributed by atoms with Crippen molar-refractivity contribution in [1.29, 1.82) is 0 Å². The summed E-state index contributed by atoms with van der Waals surface area (Å²) in [6.07, 6.45) is 0. The fraction of sp³-hybridized carbons (Fsp3) is 0.429. The van der Waals surface area contributed by atoms with E-state index in [9.17, 15) is 14.9 Å². The second-order valence-corrected chi connectivity index (χ2v) is 8.34. The van der Waals surface area contributed by atoms with Gasteiger partial charge in [0.2, 0.25) is 0 Å². The van der Waals surface area contributed by atoms with Crippen molar-refractivity contribution >= 4 is 39.5 Å². The number of benzene rings is 1. The molecule has 6 nitrogen and oxygen atoms in total. The smallest absolute Gasteiger partial charge is 0.267 e. The van der Waals surface area contributed by atoms with Crippen molar-refractivity contribution in [3.63, 3.8) is 0 Å². The van der Waals surface area contributed by atoms with Gasteiger partial charge in [0.15, 0.2) is 4.38 Å². The number of amides is 1. The third-order valence-corrected chi connectivity index (χ3v) is 4.37. The molecule has 0 saturated carbocycles. The van der Waals surface area contributed by atoms with Gasteiger partial charge in [-0.3, -0.25) is 14.9 Å². The van der Waals surface area contributed by atoms with E-state index in [1.165, 1.54) is 24.3 Å². The van der Waals surface area contributed by atoms with E-state index in [4.69, 9.17) is 0 Å². The number of carbonyl (C=O) groups excluding carboxylic acids is 1. The van der Waals surface area contributed by atoms with Crippen LogP contribution < -0.4 is 5.43 Å². The third kappa shape index (κ3) is 6.48. The van der Waals surface area contributed by atoms with Crippen LogP contribution in [0, 0.1) is 10.1 Å². The van der Waals surface area contributed by atoms with Crippen LogP contribution in [0.1, 0.15) is 38.1 Å². The van der Waals surface area contributed by atoms with Crippen molar-refractivity contribution in [3.05, 3.63) is 39.9 Å². The molecule has 1 rings (SSSR count). The molecule has 1 aromatic rings. The molecule has 0 aliphatic carbocycles. The minimum Gasteiger partial charge on any atom is -0.267 e. The van der Waals surface area contributed by atoms with Gasteiger partial charge in [-0.2, -0.15) is 5.10 Å². The number of thioether (sulfide) groups is 2. The Kier molecular flexibility index (Phi) is 7.40. The molecule has 0 aromatic heterocycles. The molecule has 0 saturated heterocycles. The topological polar surface area (TPSA) is 84.6 Å². The lowest BCUT2D eigenvalue weighted by Gasteiger charge is -2.10. The van der Waals surface area contributed by atoms with Crippen LogP contribution in [-0.4, -0.2) is 25.7 Å². The van der Waals surface area contributed by atoms with Crippen molar-refractivity contribution < 1.29 is 9.72 Å². The number of hydrogen-bond acceptors (Lipinski definition) is 6. The van der Waals surface area contributed by atoms with Crippen LogP contribution in [0.3, 0.4) is 0 Å². The van der Waals surface area contributed by atoms with Crippen molar-refractivity contribution in [2.45, 2.75) is 38.2 Å². The van der Waals surface area contributed by atoms with Crippen LogP contribution in [0.15, 0.2) is 29.4 Å². The molecule has 0 heterocycles. The Morgan fingerprint density at radius 1 is 1.14 bits per heavy atom. The van der Waals surface area contributed by atoms with Gasteiger partial charge in [-0.1, -0.05) is 51.2 Å². The minimum atomic E-state index is -0.503. The van der Waals surface area contributed by atoms with Crippen LogP contribution >= 0.6 is 23.5 Å². The molecular formula is C14H19N3O3S2. The highest BCUT2D eigenvalue weighted by Crippen LogP contribution is 2.24. The van der Waals surface area contributed by atoms with E-state index >= 15 is 0 Å². The zero-order valence-electron chi connectivity index (χ0n) is 12.9. The molecule has 0 unspecified atom stereocenters. The van der Waals surface area contributed by atoms with Crippen molar-refractivity contribution in [2.75, 3.05) is 0 Å². The van der Waals surface area contributed by atoms with Gasteiger partial charge in [0.05, 0.1) is 4.92 Å². The van der Waals surface area contributed by atoms with Gasteiger partial charge < -0.3 is 0 Å². The van der Waals surface area contributed by atoms with Crippen LogP contribution in [0.2, 0.25) is 0 Å². The average molecular weight is 341 g/mol. The van der Waals surface area contributed by atoms with Crippen LogP contribution in [0.4, 0.5) is 5.69 Å². The number of rotatable bonds is 5. The van der Waals surface area contributed by atoms with Crippen molar-refractivity contribution in [1.82, 2.24) is 5.43 Å². The van der Waals surface area contributed by atoms with Crippen molar-refractivity contribution in [3.8, 4) is 0 Å². The quantitative estimate of drug-likeness (QED) is 0.380. The van der Waals surface area contributed by atoms with Gasteiger partial charge in [0.1, 0.15) is 0 Å². The van der Waals surface area contributed by atoms with Crippen molar-refractivity contribution in [2.24, 2.45) is 5.10 Å². The molecule has 0 bridgehead atoms. The van der Waals surface area contributed by atoms with E-state index in [0.717, 1.165) is 4.38 Å². The number of hydrogen-bond donors (Lipinski definition) is 1. The Balaban J connectivity index is 2.75. The maximum atomic E-state index is 12.0. The predicted molar refractivity (Wildman–Crippen MR) is 93.5 cm³/mol. The molecule has 1 N–H and O–H groups in total. The Bertz CT molecular complexity index is 545. The highest BCUT2D eigenvalue weighted by molar-refractivity contribution is 8.39. The summed E-state index contributed by atoms with van der Waals surface area (Å²) in [6, 6.07) is 5.41. The first-order valence-corrected chi connectivity index (χ1v) is 8.51. The van der Waals surface area contributed by atoms with E-state index in [1.54, 1.807) is 23.5 Å². The number of hydrazone groups is 1. The first kappa shape index (κ1) is 18.5. The Morgan fingerprint density at radius 2 is 1.64 bits per heavy atom. The summed E-state index contributed by atoms with van der Waals surface area (Å²) in [7, 11) is 0. The molecule has 1 amide bonds. The molecule has 120 valence electrons. The standard InChI is InChI=1S/C14H19N3O3S2/c1-9(2)21-14(22-10(3)4)16-15-13(18)11-5-7-12(8-6-11)17(19)20/h5-10H,1-4H3,(H,15,18). The van der Waals surface area contributed by atoms with Gasteiger partial charge in [0, 0.05) is 28.2 Å². The highest BCUT2D eigenvalue weighted by atomic mass is 32.2. The zero-order valence-corrected chi connectivity index (χ0v) is 14.5. The Hall–Kier alpha value is -1.54. The Morgan fingerprint density at radius 3 is 2.05 bits per heavy atom. The first-order chi connectivity index (χ1) is 10.3. The van der Waals surface area contributed by atoms with Gasteiger partial charge in [-0.15, -0.1) is 0 Å². The first-order valence-electron chi connectivity index (χ1n) is 6.75. The Labute approximate surface area is 138 Å². The van der Waals surface area contributed by atoms with E-state index in [1.807, 2.05) is 0 Å². The molecule has 0 aliphatic heterocycles. The van der Waals surface area contributed by atoms with Gasteiger partial charge in [-0.25, -0.2) is 5.43 Å². The number of carbonyl (C=O) groups is 1. The van der Waals surface area contributed by atoms with E-state index < -0.39 is 4.92 Å².